The van der Waals surface area contributed by atoms with Gasteiger partial charge in [0, 0.05) is 26.3 Å². The second kappa shape index (κ2) is 10.1. The number of aromatic nitrogens is 2. The summed E-state index contributed by atoms with van der Waals surface area (Å²) < 4.78 is 1.78. The summed E-state index contributed by atoms with van der Waals surface area (Å²) in [5.41, 5.74) is 2.78. The highest BCUT2D eigenvalue weighted by atomic mass is 16.1. The van der Waals surface area contributed by atoms with Crippen LogP contribution in [0.4, 0.5) is 0 Å². The highest BCUT2D eigenvalue weighted by Gasteiger charge is 2.25. The van der Waals surface area contributed by atoms with Gasteiger partial charge in [0.15, 0.2) is 0 Å². The number of carbonyl (C=O) groups is 1. The van der Waals surface area contributed by atoms with Crippen LogP contribution in [0.2, 0.25) is 0 Å². The van der Waals surface area contributed by atoms with Crippen molar-refractivity contribution in [3.05, 3.63) is 65.5 Å². The Labute approximate surface area is 180 Å². The van der Waals surface area contributed by atoms with Crippen molar-refractivity contribution in [3.63, 3.8) is 0 Å². The summed E-state index contributed by atoms with van der Waals surface area (Å²) in [6, 6.07) is 10.0. The zero-order valence-electron chi connectivity index (χ0n) is 18.1. The molecule has 1 unspecified atom stereocenters. The van der Waals surface area contributed by atoms with Gasteiger partial charge in [0.25, 0.3) is 5.91 Å². The summed E-state index contributed by atoms with van der Waals surface area (Å²) in [5.74, 6) is 1.43. The summed E-state index contributed by atoms with van der Waals surface area (Å²) >= 11 is 0. The number of hydrogen-bond donors (Lipinski definition) is 1. The van der Waals surface area contributed by atoms with Crippen LogP contribution in [0.3, 0.4) is 0 Å². The van der Waals surface area contributed by atoms with E-state index in [4.69, 9.17) is 0 Å². The van der Waals surface area contributed by atoms with Gasteiger partial charge >= 0.3 is 0 Å². The van der Waals surface area contributed by atoms with E-state index in [-0.39, 0.29) is 5.91 Å². The maximum Gasteiger partial charge on any atom is 0.255 e. The first kappa shape index (κ1) is 20.9. The molecule has 1 aliphatic carbocycles. The van der Waals surface area contributed by atoms with Crippen molar-refractivity contribution in [1.29, 1.82) is 0 Å². The SMILES string of the molecule is Cn1cc(C(=O)NCc2ccccc2)c(CC2CCN(CC3CC=CCC3)CC2)n1. The fourth-order valence-electron chi connectivity index (χ4n) is 4.78. The van der Waals surface area contributed by atoms with E-state index in [2.05, 4.69) is 27.5 Å². The Balaban J connectivity index is 1.28. The molecule has 0 spiro atoms. The van der Waals surface area contributed by atoms with E-state index in [1.54, 1.807) is 4.68 Å². The Bertz CT molecular complexity index is 849. The lowest BCUT2D eigenvalue weighted by atomic mass is 9.89. The Morgan fingerprint density at radius 2 is 1.90 bits per heavy atom. The van der Waals surface area contributed by atoms with Gasteiger partial charge in [-0.2, -0.15) is 5.10 Å². The standard InChI is InChI=1S/C25H34N4O/c1-28-19-23(25(30)26-17-21-8-4-2-5-9-21)24(27-28)16-20-12-14-29(15-13-20)18-22-10-6-3-7-11-22/h2-6,8-9,19-20,22H,7,10-18H2,1H3,(H,26,30). The van der Waals surface area contributed by atoms with Crippen LogP contribution in [-0.2, 0) is 20.0 Å². The van der Waals surface area contributed by atoms with E-state index in [1.807, 2.05) is 43.6 Å². The molecule has 0 saturated carbocycles. The number of piperidine rings is 1. The zero-order valence-corrected chi connectivity index (χ0v) is 18.1. The molecular weight excluding hydrogens is 372 g/mol. The Kier molecular flexibility index (Phi) is 7.00. The average molecular weight is 407 g/mol. The number of likely N-dealkylation sites (tertiary alicyclic amines) is 1. The van der Waals surface area contributed by atoms with E-state index in [0.29, 0.717) is 12.5 Å². The first-order valence-corrected chi connectivity index (χ1v) is 11.4. The molecule has 1 aromatic carbocycles. The summed E-state index contributed by atoms with van der Waals surface area (Å²) in [7, 11) is 1.90. The molecule has 1 saturated heterocycles. The van der Waals surface area contributed by atoms with Crippen molar-refractivity contribution in [2.24, 2.45) is 18.9 Å². The number of nitrogens with zero attached hydrogens (tertiary/aromatic N) is 3. The molecule has 2 aliphatic rings. The third-order valence-electron chi connectivity index (χ3n) is 6.53. The topological polar surface area (TPSA) is 50.2 Å². The van der Waals surface area contributed by atoms with E-state index >= 15 is 0 Å². The number of rotatable bonds is 7. The molecule has 1 aromatic heterocycles. The van der Waals surface area contributed by atoms with Crippen LogP contribution in [0.25, 0.3) is 0 Å². The van der Waals surface area contributed by atoms with Crippen LogP contribution >= 0.6 is 0 Å². The van der Waals surface area contributed by atoms with Crippen LogP contribution in [0.15, 0.2) is 48.7 Å². The fourth-order valence-corrected chi connectivity index (χ4v) is 4.78. The molecule has 2 aromatic rings. The number of aryl methyl sites for hydroxylation is 1. The molecule has 5 heteroatoms. The number of amides is 1. The third-order valence-corrected chi connectivity index (χ3v) is 6.53. The molecule has 160 valence electrons. The molecule has 1 fully saturated rings. The Morgan fingerprint density at radius 3 is 2.63 bits per heavy atom. The van der Waals surface area contributed by atoms with Crippen LogP contribution in [0, 0.1) is 11.8 Å². The molecule has 5 nitrogen and oxygen atoms in total. The Hall–Kier alpha value is -2.40. The number of allylic oxidation sites excluding steroid dienone is 2. The summed E-state index contributed by atoms with van der Waals surface area (Å²) in [6.45, 7) is 4.14. The highest BCUT2D eigenvalue weighted by Crippen LogP contribution is 2.25. The minimum Gasteiger partial charge on any atom is -0.348 e. The van der Waals surface area contributed by atoms with E-state index in [9.17, 15) is 4.79 Å². The Morgan fingerprint density at radius 1 is 1.10 bits per heavy atom. The van der Waals surface area contributed by atoms with E-state index in [0.717, 1.165) is 29.2 Å². The smallest absolute Gasteiger partial charge is 0.255 e. The summed E-state index contributed by atoms with van der Waals surface area (Å²) in [4.78, 5) is 15.4. The molecule has 1 aliphatic heterocycles. The number of nitrogens with one attached hydrogen (secondary N) is 1. The minimum absolute atomic E-state index is 0.0234. The summed E-state index contributed by atoms with van der Waals surface area (Å²) in [5, 5.41) is 7.68. The van der Waals surface area contributed by atoms with Gasteiger partial charge in [-0.05, 0) is 69.0 Å². The fraction of sp³-hybridized carbons (Fsp3) is 0.520. The van der Waals surface area contributed by atoms with Crippen LogP contribution < -0.4 is 5.32 Å². The van der Waals surface area contributed by atoms with Gasteiger partial charge in [-0.25, -0.2) is 0 Å². The maximum atomic E-state index is 12.8. The number of benzene rings is 1. The molecule has 0 radical (unpaired) electrons. The second-order valence-corrected chi connectivity index (χ2v) is 8.93. The number of carbonyl (C=O) groups excluding carboxylic acids is 1. The molecule has 0 bridgehead atoms. The molecular formula is C25H34N4O. The van der Waals surface area contributed by atoms with Crippen molar-refractivity contribution in [2.45, 2.75) is 45.1 Å². The molecule has 1 atom stereocenters. The summed E-state index contributed by atoms with van der Waals surface area (Å²) in [6.07, 6.45) is 13.7. The second-order valence-electron chi connectivity index (χ2n) is 8.93. The predicted octanol–water partition coefficient (Wildman–Crippen LogP) is 3.96. The quantitative estimate of drug-likeness (QED) is 0.708. The van der Waals surface area contributed by atoms with Gasteiger partial charge in [0.2, 0.25) is 0 Å². The van der Waals surface area contributed by atoms with Crippen LogP contribution in [0.5, 0.6) is 0 Å². The first-order chi connectivity index (χ1) is 14.7. The zero-order chi connectivity index (χ0) is 20.8. The van der Waals surface area contributed by atoms with Gasteiger partial charge in [0.1, 0.15) is 0 Å². The molecule has 1 amide bonds. The van der Waals surface area contributed by atoms with Crippen molar-refractivity contribution in [3.8, 4) is 0 Å². The molecule has 30 heavy (non-hydrogen) atoms. The van der Waals surface area contributed by atoms with Crippen molar-refractivity contribution < 1.29 is 4.79 Å². The van der Waals surface area contributed by atoms with Crippen molar-refractivity contribution >= 4 is 5.91 Å². The van der Waals surface area contributed by atoms with Gasteiger partial charge in [-0.3, -0.25) is 9.48 Å². The van der Waals surface area contributed by atoms with Crippen molar-refractivity contribution in [1.82, 2.24) is 20.0 Å². The lowest BCUT2D eigenvalue weighted by Gasteiger charge is -2.34. The van der Waals surface area contributed by atoms with Gasteiger partial charge in [-0.15, -0.1) is 0 Å². The lowest BCUT2D eigenvalue weighted by molar-refractivity contribution is 0.0949. The molecule has 1 N–H and O–H groups in total. The van der Waals surface area contributed by atoms with Crippen molar-refractivity contribution in [2.75, 3.05) is 19.6 Å². The van der Waals surface area contributed by atoms with Crippen LogP contribution in [-0.4, -0.2) is 40.2 Å². The maximum absolute atomic E-state index is 12.8. The molecule has 4 rings (SSSR count). The predicted molar refractivity (Wildman–Crippen MR) is 120 cm³/mol. The normalized spacial score (nSPS) is 20.4. The van der Waals surface area contributed by atoms with Gasteiger partial charge in [-0.1, -0.05) is 42.5 Å². The highest BCUT2D eigenvalue weighted by molar-refractivity contribution is 5.95. The minimum atomic E-state index is -0.0234. The third kappa shape index (κ3) is 5.60. The first-order valence-electron chi connectivity index (χ1n) is 11.4. The largest absolute Gasteiger partial charge is 0.348 e. The average Bonchev–Trinajstić information content (AvgIpc) is 3.15. The molecule has 2 heterocycles. The monoisotopic (exact) mass is 406 g/mol. The lowest BCUT2D eigenvalue weighted by Crippen LogP contribution is -2.38. The van der Waals surface area contributed by atoms with Gasteiger partial charge < -0.3 is 10.2 Å². The van der Waals surface area contributed by atoms with Crippen LogP contribution in [0.1, 0.15) is 53.7 Å². The van der Waals surface area contributed by atoms with Gasteiger partial charge in [0.05, 0.1) is 11.3 Å². The number of hydrogen-bond acceptors (Lipinski definition) is 3. The van der Waals surface area contributed by atoms with E-state index in [1.165, 1.54) is 51.7 Å². The van der Waals surface area contributed by atoms with E-state index < -0.39 is 0 Å².